The van der Waals surface area contributed by atoms with Crippen LogP contribution in [0, 0.1) is 6.92 Å². The van der Waals surface area contributed by atoms with E-state index in [1.54, 1.807) is 0 Å². The summed E-state index contributed by atoms with van der Waals surface area (Å²) in [5, 5.41) is 0. The van der Waals surface area contributed by atoms with Gasteiger partial charge >= 0.3 is 0 Å². The van der Waals surface area contributed by atoms with Crippen LogP contribution in [0.3, 0.4) is 0 Å². The lowest BCUT2D eigenvalue weighted by atomic mass is 10.1. The molecule has 0 fully saturated rings. The zero-order valence-corrected chi connectivity index (χ0v) is 7.79. The first kappa shape index (κ1) is 8.05. The molecule has 0 aliphatic heterocycles. The lowest BCUT2D eigenvalue weighted by Gasteiger charge is -1.96. The van der Waals surface area contributed by atoms with E-state index in [-0.39, 0.29) is 0 Å². The molecule has 0 saturated carbocycles. The van der Waals surface area contributed by atoms with Gasteiger partial charge in [-0.1, -0.05) is 18.2 Å². The molecule has 1 heterocycles. The molecule has 0 atom stereocenters. The van der Waals surface area contributed by atoms with Crippen LogP contribution >= 0.6 is 0 Å². The fourth-order valence-corrected chi connectivity index (χ4v) is 1.31. The number of aromatic nitrogens is 1. The Hall–Kier alpha value is -1.57. The first-order valence-corrected chi connectivity index (χ1v) is 4.20. The average Bonchev–Trinajstić information content (AvgIpc) is 2.42. The van der Waals surface area contributed by atoms with Crippen LogP contribution in [0.15, 0.2) is 29.2 Å². The van der Waals surface area contributed by atoms with E-state index in [0.29, 0.717) is 5.89 Å². The highest BCUT2D eigenvalue weighted by Gasteiger charge is 2.02. The summed E-state index contributed by atoms with van der Waals surface area (Å²) in [6.07, 6.45) is 0. The summed E-state index contributed by atoms with van der Waals surface area (Å²) in [5.41, 5.74) is 3.89. The lowest BCUT2D eigenvalue weighted by molar-refractivity contribution is 0.561. The number of allylic oxidation sites excluding steroid dienone is 1. The molecule has 0 radical (unpaired) electrons. The lowest BCUT2D eigenvalue weighted by Crippen LogP contribution is -1.77. The topological polar surface area (TPSA) is 26.0 Å². The van der Waals surface area contributed by atoms with Gasteiger partial charge in [0.25, 0.3) is 0 Å². The Morgan fingerprint density at radius 1 is 1.46 bits per heavy atom. The number of rotatable bonds is 1. The second-order valence-corrected chi connectivity index (χ2v) is 3.20. The van der Waals surface area contributed by atoms with E-state index >= 15 is 0 Å². The molecule has 66 valence electrons. The van der Waals surface area contributed by atoms with E-state index in [0.717, 1.165) is 22.2 Å². The maximum absolute atomic E-state index is 5.36. The molecule has 1 aromatic carbocycles. The van der Waals surface area contributed by atoms with Gasteiger partial charge in [0.2, 0.25) is 0 Å². The SMILES string of the molecule is C=C(C)c1ccc2oc(C)nc2c1. The Morgan fingerprint density at radius 2 is 2.23 bits per heavy atom. The number of benzene rings is 1. The number of fused-ring (bicyclic) bond motifs is 1. The quantitative estimate of drug-likeness (QED) is 0.662. The summed E-state index contributed by atoms with van der Waals surface area (Å²) >= 11 is 0. The summed E-state index contributed by atoms with van der Waals surface area (Å²) in [7, 11) is 0. The Balaban J connectivity index is 2.67. The van der Waals surface area contributed by atoms with E-state index in [2.05, 4.69) is 11.6 Å². The first-order valence-electron chi connectivity index (χ1n) is 4.20. The number of hydrogen-bond donors (Lipinski definition) is 0. The van der Waals surface area contributed by atoms with Crippen LogP contribution in [0.5, 0.6) is 0 Å². The summed E-state index contributed by atoms with van der Waals surface area (Å²) in [6, 6.07) is 5.92. The predicted molar refractivity (Wildman–Crippen MR) is 53.5 cm³/mol. The number of nitrogens with zero attached hydrogens (tertiary/aromatic N) is 1. The summed E-state index contributed by atoms with van der Waals surface area (Å²) in [4.78, 5) is 4.25. The molecule has 0 amide bonds. The van der Waals surface area contributed by atoms with Gasteiger partial charge in [-0.25, -0.2) is 4.98 Å². The van der Waals surface area contributed by atoms with Crippen molar-refractivity contribution in [1.29, 1.82) is 0 Å². The molecule has 13 heavy (non-hydrogen) atoms. The highest BCUT2D eigenvalue weighted by molar-refractivity contribution is 5.78. The maximum atomic E-state index is 5.36. The Labute approximate surface area is 76.9 Å². The van der Waals surface area contributed by atoms with Crippen molar-refractivity contribution in [2.45, 2.75) is 13.8 Å². The highest BCUT2D eigenvalue weighted by atomic mass is 16.3. The van der Waals surface area contributed by atoms with E-state index in [1.807, 2.05) is 32.0 Å². The molecule has 0 saturated heterocycles. The molecule has 2 nitrogen and oxygen atoms in total. The molecule has 0 aliphatic carbocycles. The second kappa shape index (κ2) is 2.73. The van der Waals surface area contributed by atoms with Gasteiger partial charge in [-0.3, -0.25) is 0 Å². The largest absolute Gasteiger partial charge is 0.441 e. The molecular weight excluding hydrogens is 162 g/mol. The number of oxazole rings is 1. The van der Waals surface area contributed by atoms with Crippen LogP contribution < -0.4 is 0 Å². The van der Waals surface area contributed by atoms with Crippen molar-refractivity contribution in [3.63, 3.8) is 0 Å². The summed E-state index contributed by atoms with van der Waals surface area (Å²) in [6.45, 7) is 7.71. The minimum absolute atomic E-state index is 0.703. The molecule has 0 unspecified atom stereocenters. The first-order chi connectivity index (χ1) is 6.16. The zero-order chi connectivity index (χ0) is 9.42. The molecule has 2 heteroatoms. The van der Waals surface area contributed by atoms with Crippen LogP contribution in [-0.4, -0.2) is 4.98 Å². The van der Waals surface area contributed by atoms with Gasteiger partial charge in [-0.2, -0.15) is 0 Å². The second-order valence-electron chi connectivity index (χ2n) is 3.20. The third-order valence-corrected chi connectivity index (χ3v) is 1.99. The van der Waals surface area contributed by atoms with Crippen LogP contribution in [-0.2, 0) is 0 Å². The Kier molecular flexibility index (Phi) is 1.69. The minimum Gasteiger partial charge on any atom is -0.441 e. The summed E-state index contributed by atoms with van der Waals surface area (Å²) < 4.78 is 5.36. The van der Waals surface area contributed by atoms with E-state index in [9.17, 15) is 0 Å². The maximum Gasteiger partial charge on any atom is 0.192 e. The Bertz CT molecular complexity index is 468. The molecule has 1 aromatic heterocycles. The van der Waals surface area contributed by atoms with Crippen molar-refractivity contribution in [2.75, 3.05) is 0 Å². The number of hydrogen-bond acceptors (Lipinski definition) is 2. The van der Waals surface area contributed by atoms with Gasteiger partial charge in [0.15, 0.2) is 11.5 Å². The van der Waals surface area contributed by atoms with E-state index in [1.165, 1.54) is 0 Å². The summed E-state index contributed by atoms with van der Waals surface area (Å²) in [5.74, 6) is 0.703. The van der Waals surface area contributed by atoms with Gasteiger partial charge < -0.3 is 4.42 Å². The van der Waals surface area contributed by atoms with Gasteiger partial charge in [0.1, 0.15) is 5.52 Å². The number of aryl methyl sites for hydroxylation is 1. The molecule has 0 bridgehead atoms. The van der Waals surface area contributed by atoms with E-state index in [4.69, 9.17) is 4.42 Å². The third kappa shape index (κ3) is 1.35. The third-order valence-electron chi connectivity index (χ3n) is 1.99. The van der Waals surface area contributed by atoms with Crippen molar-refractivity contribution in [1.82, 2.24) is 4.98 Å². The van der Waals surface area contributed by atoms with Crippen LogP contribution in [0.25, 0.3) is 16.7 Å². The average molecular weight is 173 g/mol. The van der Waals surface area contributed by atoms with Crippen LogP contribution in [0.4, 0.5) is 0 Å². The van der Waals surface area contributed by atoms with Crippen molar-refractivity contribution < 1.29 is 4.42 Å². The van der Waals surface area contributed by atoms with Crippen molar-refractivity contribution in [3.8, 4) is 0 Å². The molecule has 2 aromatic rings. The van der Waals surface area contributed by atoms with E-state index < -0.39 is 0 Å². The molecule has 2 rings (SSSR count). The monoisotopic (exact) mass is 173 g/mol. The van der Waals surface area contributed by atoms with Gasteiger partial charge in [-0.05, 0) is 24.6 Å². The molecule has 0 N–H and O–H groups in total. The van der Waals surface area contributed by atoms with Crippen LogP contribution in [0.1, 0.15) is 18.4 Å². The standard InChI is InChI=1S/C11H11NO/c1-7(2)9-4-5-11-10(6-9)12-8(3)13-11/h4-6H,1H2,2-3H3. The molecule has 0 aliphatic rings. The highest BCUT2D eigenvalue weighted by Crippen LogP contribution is 2.20. The fraction of sp³-hybridized carbons (Fsp3) is 0.182. The van der Waals surface area contributed by atoms with Crippen molar-refractivity contribution >= 4 is 16.7 Å². The predicted octanol–water partition coefficient (Wildman–Crippen LogP) is 3.17. The van der Waals surface area contributed by atoms with Crippen molar-refractivity contribution in [3.05, 3.63) is 36.2 Å². The Morgan fingerprint density at radius 3 is 2.92 bits per heavy atom. The smallest absolute Gasteiger partial charge is 0.192 e. The van der Waals surface area contributed by atoms with Crippen molar-refractivity contribution in [2.24, 2.45) is 0 Å². The minimum atomic E-state index is 0.703. The van der Waals surface area contributed by atoms with Crippen LogP contribution in [0.2, 0.25) is 0 Å². The zero-order valence-electron chi connectivity index (χ0n) is 7.79. The van der Waals surface area contributed by atoms with Gasteiger partial charge in [0.05, 0.1) is 0 Å². The normalized spacial score (nSPS) is 10.6. The molecular formula is C11H11NO. The molecule has 0 spiro atoms. The van der Waals surface area contributed by atoms with Gasteiger partial charge in [-0.15, -0.1) is 0 Å². The fourth-order valence-electron chi connectivity index (χ4n) is 1.31. The van der Waals surface area contributed by atoms with Gasteiger partial charge in [0, 0.05) is 6.92 Å².